The number of alkyl carbamates (subject to hydrolysis) is 1. The summed E-state index contributed by atoms with van der Waals surface area (Å²) < 4.78 is 16.0. The van der Waals surface area contributed by atoms with Crippen LogP contribution in [-0.2, 0) is 25.7 Å². The van der Waals surface area contributed by atoms with Gasteiger partial charge in [-0.05, 0) is 38.5 Å². The molecule has 2 aromatic rings. The Morgan fingerprint density at radius 3 is 2.19 bits per heavy atom. The van der Waals surface area contributed by atoms with Crippen molar-refractivity contribution in [3.63, 3.8) is 0 Å². The molecule has 1 unspecified atom stereocenters. The number of carbonyl (C=O) groups is 3. The molecule has 0 aliphatic rings. The Hall–Kier alpha value is -3.55. The van der Waals surface area contributed by atoms with Crippen molar-refractivity contribution in [2.75, 3.05) is 13.2 Å². The summed E-state index contributed by atoms with van der Waals surface area (Å²) in [6, 6.07) is 17.4. The number of carbonyl (C=O) groups excluding carboxylic acids is 3. The van der Waals surface area contributed by atoms with E-state index in [1.54, 1.807) is 32.9 Å². The maximum absolute atomic E-state index is 12.6. The van der Waals surface area contributed by atoms with Gasteiger partial charge in [0.25, 0.3) is 0 Å². The lowest BCUT2D eigenvalue weighted by Gasteiger charge is -2.23. The number of hydrogen-bond acceptors (Lipinski definition) is 6. The first kappa shape index (κ1) is 24.7. The Labute approximate surface area is 188 Å². The van der Waals surface area contributed by atoms with Gasteiger partial charge in [-0.1, -0.05) is 48.5 Å². The summed E-state index contributed by atoms with van der Waals surface area (Å²) in [5, 5.41) is 5.03. The summed E-state index contributed by atoms with van der Waals surface area (Å²) in [4.78, 5) is 36.8. The van der Waals surface area contributed by atoms with Gasteiger partial charge in [0.1, 0.15) is 30.5 Å². The van der Waals surface area contributed by atoms with E-state index in [-0.39, 0.29) is 26.2 Å². The van der Waals surface area contributed by atoms with Gasteiger partial charge >= 0.3 is 12.1 Å². The summed E-state index contributed by atoms with van der Waals surface area (Å²) in [6.45, 7) is 5.14. The van der Waals surface area contributed by atoms with Gasteiger partial charge < -0.3 is 24.8 Å². The first-order valence-corrected chi connectivity index (χ1v) is 10.4. The SMILES string of the molecule is CC(C)(C)OC(=O)NC(CCOc1ccccc1)C(=O)NCC(=O)OCc1ccccc1. The maximum atomic E-state index is 12.6. The van der Waals surface area contributed by atoms with Crippen LogP contribution < -0.4 is 15.4 Å². The van der Waals surface area contributed by atoms with Crippen LogP contribution in [0.3, 0.4) is 0 Å². The molecule has 0 heterocycles. The molecule has 0 fully saturated rings. The Morgan fingerprint density at radius 1 is 0.938 bits per heavy atom. The van der Waals surface area contributed by atoms with E-state index >= 15 is 0 Å². The molecule has 0 spiro atoms. The molecule has 0 aliphatic carbocycles. The van der Waals surface area contributed by atoms with E-state index in [0.717, 1.165) is 5.56 Å². The lowest BCUT2D eigenvalue weighted by Crippen LogP contribution is -2.49. The van der Waals surface area contributed by atoms with Gasteiger partial charge in [0.15, 0.2) is 0 Å². The van der Waals surface area contributed by atoms with E-state index in [1.165, 1.54) is 0 Å². The third kappa shape index (κ3) is 9.97. The van der Waals surface area contributed by atoms with E-state index in [4.69, 9.17) is 14.2 Å². The molecule has 1 atom stereocenters. The molecule has 0 saturated heterocycles. The van der Waals surface area contributed by atoms with Crippen LogP contribution in [0, 0.1) is 0 Å². The molecule has 8 heteroatoms. The van der Waals surface area contributed by atoms with Gasteiger partial charge in [-0.25, -0.2) is 4.79 Å². The number of nitrogens with one attached hydrogen (secondary N) is 2. The number of hydrogen-bond donors (Lipinski definition) is 2. The predicted octanol–water partition coefficient (Wildman–Crippen LogP) is 3.21. The van der Waals surface area contributed by atoms with Crippen LogP contribution in [0.1, 0.15) is 32.8 Å². The summed E-state index contributed by atoms with van der Waals surface area (Å²) in [7, 11) is 0. The fourth-order valence-corrected chi connectivity index (χ4v) is 2.60. The highest BCUT2D eigenvalue weighted by Crippen LogP contribution is 2.10. The Balaban J connectivity index is 1.86. The third-order valence-electron chi connectivity index (χ3n) is 4.08. The van der Waals surface area contributed by atoms with Crippen LogP contribution in [0.15, 0.2) is 60.7 Å². The Kier molecular flexibility index (Phi) is 9.53. The van der Waals surface area contributed by atoms with Crippen molar-refractivity contribution in [1.29, 1.82) is 0 Å². The van der Waals surface area contributed by atoms with Gasteiger partial charge in [-0.3, -0.25) is 9.59 Å². The number of benzene rings is 2. The van der Waals surface area contributed by atoms with Crippen molar-refractivity contribution in [1.82, 2.24) is 10.6 Å². The largest absolute Gasteiger partial charge is 0.494 e. The zero-order valence-corrected chi connectivity index (χ0v) is 18.6. The second-order valence-corrected chi connectivity index (χ2v) is 8.01. The van der Waals surface area contributed by atoms with Gasteiger partial charge in [-0.15, -0.1) is 0 Å². The maximum Gasteiger partial charge on any atom is 0.408 e. The second kappa shape index (κ2) is 12.3. The van der Waals surface area contributed by atoms with E-state index in [0.29, 0.717) is 5.75 Å². The standard InChI is InChI=1S/C24H30N2O6/c1-24(2,3)32-23(29)26-20(14-15-30-19-12-8-5-9-13-19)22(28)25-16-21(27)31-17-18-10-6-4-7-11-18/h4-13,20H,14-17H2,1-3H3,(H,25,28)(H,26,29). The lowest BCUT2D eigenvalue weighted by atomic mass is 10.2. The molecule has 2 amide bonds. The first-order chi connectivity index (χ1) is 15.2. The molecular weight excluding hydrogens is 412 g/mol. The smallest absolute Gasteiger partial charge is 0.408 e. The van der Waals surface area contributed by atoms with Crippen molar-refractivity contribution >= 4 is 18.0 Å². The van der Waals surface area contributed by atoms with Crippen molar-refractivity contribution in [3.8, 4) is 5.75 Å². The molecular formula is C24H30N2O6. The number of esters is 1. The summed E-state index contributed by atoms with van der Waals surface area (Å²) in [6.07, 6.45) is -0.553. The molecule has 0 bridgehead atoms. The van der Waals surface area contributed by atoms with Gasteiger partial charge in [0.2, 0.25) is 5.91 Å². The van der Waals surface area contributed by atoms with Crippen LogP contribution in [-0.4, -0.2) is 42.8 Å². The van der Waals surface area contributed by atoms with Crippen LogP contribution in [0.5, 0.6) is 5.75 Å². The minimum absolute atomic E-state index is 0.111. The number of rotatable bonds is 10. The molecule has 2 aromatic carbocycles. The van der Waals surface area contributed by atoms with Crippen molar-refractivity contribution < 1.29 is 28.6 Å². The highest BCUT2D eigenvalue weighted by Gasteiger charge is 2.25. The molecule has 0 saturated carbocycles. The normalized spacial score (nSPS) is 11.7. The first-order valence-electron chi connectivity index (χ1n) is 10.4. The highest BCUT2D eigenvalue weighted by atomic mass is 16.6. The molecule has 0 radical (unpaired) electrons. The molecule has 8 nitrogen and oxygen atoms in total. The van der Waals surface area contributed by atoms with E-state index in [1.807, 2.05) is 48.5 Å². The molecule has 0 aliphatic heterocycles. The molecule has 0 aromatic heterocycles. The van der Waals surface area contributed by atoms with E-state index in [9.17, 15) is 14.4 Å². The zero-order chi connectivity index (χ0) is 23.4. The van der Waals surface area contributed by atoms with Gasteiger partial charge in [0.05, 0.1) is 6.61 Å². The molecule has 2 rings (SSSR count). The van der Waals surface area contributed by atoms with Crippen molar-refractivity contribution in [2.45, 2.75) is 45.4 Å². The zero-order valence-electron chi connectivity index (χ0n) is 18.6. The van der Waals surface area contributed by atoms with E-state index in [2.05, 4.69) is 10.6 Å². The molecule has 172 valence electrons. The molecule has 32 heavy (non-hydrogen) atoms. The summed E-state index contributed by atoms with van der Waals surface area (Å²) >= 11 is 0. The second-order valence-electron chi connectivity index (χ2n) is 8.01. The Morgan fingerprint density at radius 2 is 1.56 bits per heavy atom. The topological polar surface area (TPSA) is 103 Å². The summed E-state index contributed by atoms with van der Waals surface area (Å²) in [5.41, 5.74) is 0.127. The fourth-order valence-electron chi connectivity index (χ4n) is 2.60. The number of ether oxygens (including phenoxy) is 3. The quantitative estimate of drug-likeness (QED) is 0.548. The van der Waals surface area contributed by atoms with Gasteiger partial charge in [0, 0.05) is 6.42 Å². The average molecular weight is 443 g/mol. The average Bonchev–Trinajstić information content (AvgIpc) is 2.75. The van der Waals surface area contributed by atoms with Crippen LogP contribution in [0.4, 0.5) is 4.79 Å². The van der Waals surface area contributed by atoms with Crippen LogP contribution in [0.2, 0.25) is 0 Å². The monoisotopic (exact) mass is 442 g/mol. The van der Waals surface area contributed by atoms with Crippen LogP contribution >= 0.6 is 0 Å². The van der Waals surface area contributed by atoms with E-state index < -0.39 is 29.6 Å². The van der Waals surface area contributed by atoms with Crippen molar-refractivity contribution in [3.05, 3.63) is 66.2 Å². The Bertz CT molecular complexity index is 865. The van der Waals surface area contributed by atoms with Gasteiger partial charge in [-0.2, -0.15) is 0 Å². The third-order valence-corrected chi connectivity index (χ3v) is 4.08. The van der Waals surface area contributed by atoms with Crippen molar-refractivity contribution in [2.24, 2.45) is 0 Å². The lowest BCUT2D eigenvalue weighted by molar-refractivity contribution is -0.145. The number of amides is 2. The minimum Gasteiger partial charge on any atom is -0.494 e. The highest BCUT2D eigenvalue weighted by molar-refractivity contribution is 5.88. The molecule has 2 N–H and O–H groups in total. The number of para-hydroxylation sites is 1. The predicted molar refractivity (Wildman–Crippen MR) is 119 cm³/mol. The minimum atomic E-state index is -0.949. The van der Waals surface area contributed by atoms with Crippen LogP contribution in [0.25, 0.3) is 0 Å². The summed E-state index contributed by atoms with van der Waals surface area (Å²) in [5.74, 6) is -0.476. The fraction of sp³-hybridized carbons (Fsp3) is 0.375.